The van der Waals surface area contributed by atoms with Crippen LogP contribution in [0.25, 0.3) is 10.9 Å². The molecule has 1 saturated heterocycles. The van der Waals surface area contributed by atoms with Crippen molar-refractivity contribution in [3.05, 3.63) is 71.2 Å². The largest absolute Gasteiger partial charge is 0.497 e. The summed E-state index contributed by atoms with van der Waals surface area (Å²) < 4.78 is 61.3. The van der Waals surface area contributed by atoms with E-state index in [1.807, 2.05) is 4.90 Å². The number of carboxylic acids is 1. The van der Waals surface area contributed by atoms with Gasteiger partial charge in [-0.3, -0.25) is 14.7 Å². The summed E-state index contributed by atoms with van der Waals surface area (Å²) in [4.78, 5) is 17.8. The summed E-state index contributed by atoms with van der Waals surface area (Å²) in [6.45, 7) is 1.22. The van der Waals surface area contributed by atoms with Crippen molar-refractivity contribution in [1.29, 1.82) is 0 Å². The Hall–Kier alpha value is -3.64. The Bertz CT molecular complexity index is 1370. The van der Waals surface area contributed by atoms with Crippen LogP contribution >= 0.6 is 0 Å². The van der Waals surface area contributed by atoms with E-state index >= 15 is 4.39 Å². The molecule has 3 atom stereocenters. The maximum atomic E-state index is 15.4. The second-order valence-corrected chi connectivity index (χ2v) is 9.52. The molecule has 4 rings (SSSR count). The molecule has 0 radical (unpaired) electrons. The van der Waals surface area contributed by atoms with Gasteiger partial charge < -0.3 is 9.84 Å². The van der Waals surface area contributed by atoms with Gasteiger partial charge in [0.15, 0.2) is 11.6 Å². The zero-order valence-electron chi connectivity index (χ0n) is 20.9. The molecule has 0 amide bonds. The molecular weight excluding hydrogens is 500 g/mol. The fourth-order valence-corrected chi connectivity index (χ4v) is 5.09. The lowest BCUT2D eigenvalue weighted by Gasteiger charge is -2.37. The normalized spacial score (nSPS) is 18.6. The van der Waals surface area contributed by atoms with Crippen molar-refractivity contribution in [2.45, 2.75) is 31.9 Å². The quantitative estimate of drug-likeness (QED) is 0.224. The van der Waals surface area contributed by atoms with Gasteiger partial charge in [-0.25, -0.2) is 17.6 Å². The van der Waals surface area contributed by atoms with Crippen molar-refractivity contribution in [1.82, 2.24) is 9.88 Å². The van der Waals surface area contributed by atoms with Gasteiger partial charge in [0.2, 0.25) is 0 Å². The zero-order chi connectivity index (χ0) is 27.2. The fourth-order valence-electron chi connectivity index (χ4n) is 5.09. The number of likely N-dealkylation sites (tertiary alicyclic amines) is 1. The Morgan fingerprint density at radius 1 is 1.21 bits per heavy atom. The monoisotopic (exact) mass is 528 g/mol. The minimum atomic E-state index is -1.30. The average Bonchev–Trinajstić information content (AvgIpc) is 2.89. The average molecular weight is 529 g/mol. The van der Waals surface area contributed by atoms with Crippen molar-refractivity contribution in [3.63, 3.8) is 0 Å². The van der Waals surface area contributed by atoms with Crippen LogP contribution in [-0.2, 0) is 4.79 Å². The first-order valence-corrected chi connectivity index (χ1v) is 12.4. The molecule has 5 nitrogen and oxygen atoms in total. The van der Waals surface area contributed by atoms with Gasteiger partial charge >= 0.3 is 5.97 Å². The Morgan fingerprint density at radius 2 is 2.03 bits per heavy atom. The highest BCUT2D eigenvalue weighted by Gasteiger charge is 2.31. The van der Waals surface area contributed by atoms with Crippen LogP contribution in [0, 0.1) is 41.1 Å². The van der Waals surface area contributed by atoms with Crippen LogP contribution in [-0.4, -0.2) is 47.7 Å². The van der Waals surface area contributed by atoms with E-state index < -0.39 is 29.6 Å². The number of aliphatic carboxylic acids is 1. The van der Waals surface area contributed by atoms with E-state index in [1.165, 1.54) is 0 Å². The number of aromatic nitrogens is 1. The lowest BCUT2D eigenvalue weighted by molar-refractivity contribution is -0.139. The maximum Gasteiger partial charge on any atom is 0.303 e. The zero-order valence-corrected chi connectivity index (χ0v) is 20.9. The Kier molecular flexibility index (Phi) is 8.85. The standard InChI is InChI=1S/C29H28F4N2O3/c1-38-22-5-7-27-24(16-22)23(8-10-34-27)25(31)6-4-18-9-12-35(17-20(18)14-28(36)37)11-2-3-19-13-21(30)15-26(32)29(19)33/h5,7-8,10,13,15-16,18,20,25H,4,6,9,11-12,14,17H2,1H3,(H,36,37)/t18-,20+,25-/m1/s1. The highest BCUT2D eigenvalue weighted by Crippen LogP contribution is 2.36. The predicted octanol–water partition coefficient (Wildman–Crippen LogP) is 5.92. The topological polar surface area (TPSA) is 62.7 Å². The van der Waals surface area contributed by atoms with Crippen molar-refractivity contribution in [2.75, 3.05) is 26.7 Å². The smallest absolute Gasteiger partial charge is 0.303 e. The Labute approximate surface area is 218 Å². The number of rotatable bonds is 8. The molecule has 1 fully saturated rings. The third-order valence-corrected chi connectivity index (χ3v) is 7.04. The number of hydrogen-bond acceptors (Lipinski definition) is 4. The molecular formula is C29H28F4N2O3. The van der Waals surface area contributed by atoms with Crippen molar-refractivity contribution >= 4 is 16.9 Å². The number of alkyl halides is 1. The number of ether oxygens (including phenoxy) is 1. The van der Waals surface area contributed by atoms with E-state index in [9.17, 15) is 23.1 Å². The number of benzene rings is 2. The minimum Gasteiger partial charge on any atom is -0.497 e. The first-order valence-electron chi connectivity index (χ1n) is 12.4. The summed E-state index contributed by atoms with van der Waals surface area (Å²) in [5.74, 6) is 1.24. The number of carbonyl (C=O) groups is 1. The van der Waals surface area contributed by atoms with E-state index in [4.69, 9.17) is 4.74 Å². The minimum absolute atomic E-state index is 0.00552. The predicted molar refractivity (Wildman–Crippen MR) is 135 cm³/mol. The van der Waals surface area contributed by atoms with Crippen LogP contribution < -0.4 is 4.74 Å². The van der Waals surface area contributed by atoms with Gasteiger partial charge in [0.05, 0.1) is 24.7 Å². The van der Waals surface area contributed by atoms with E-state index in [0.717, 1.165) is 6.07 Å². The van der Waals surface area contributed by atoms with E-state index in [2.05, 4.69) is 16.8 Å². The van der Waals surface area contributed by atoms with Crippen LogP contribution in [0.5, 0.6) is 5.75 Å². The van der Waals surface area contributed by atoms with E-state index in [1.54, 1.807) is 37.6 Å². The molecule has 2 heterocycles. The molecule has 0 spiro atoms. The fraction of sp³-hybridized carbons (Fsp3) is 0.379. The number of hydrogen-bond donors (Lipinski definition) is 1. The van der Waals surface area contributed by atoms with Gasteiger partial charge in [-0.2, -0.15) is 0 Å². The molecule has 2 aromatic carbocycles. The summed E-state index contributed by atoms with van der Waals surface area (Å²) in [5, 5.41) is 10.1. The van der Waals surface area contributed by atoms with Gasteiger partial charge in [-0.1, -0.05) is 11.8 Å². The SMILES string of the molecule is COc1ccc2nccc([C@H](F)CC[C@@H]3CCN(CC#Cc4cc(F)cc(F)c4F)C[C@@H]3CC(=O)O)c2c1. The number of fused-ring (bicyclic) bond motifs is 1. The molecule has 200 valence electrons. The molecule has 0 aliphatic carbocycles. The van der Waals surface area contributed by atoms with Crippen LogP contribution in [0.3, 0.4) is 0 Å². The maximum absolute atomic E-state index is 15.4. The third kappa shape index (κ3) is 6.62. The summed E-state index contributed by atoms with van der Waals surface area (Å²) >= 11 is 0. The molecule has 9 heteroatoms. The van der Waals surface area contributed by atoms with Gasteiger partial charge in [0.25, 0.3) is 0 Å². The second-order valence-electron chi connectivity index (χ2n) is 9.52. The van der Waals surface area contributed by atoms with E-state index in [-0.39, 0.29) is 36.8 Å². The van der Waals surface area contributed by atoms with E-state index in [0.29, 0.717) is 54.2 Å². The molecule has 0 saturated carbocycles. The summed E-state index contributed by atoms with van der Waals surface area (Å²) in [5.41, 5.74) is 0.831. The van der Waals surface area contributed by atoms with Crippen LogP contribution in [0.4, 0.5) is 17.6 Å². The number of methoxy groups -OCH3 is 1. The highest BCUT2D eigenvalue weighted by molar-refractivity contribution is 5.83. The highest BCUT2D eigenvalue weighted by atomic mass is 19.2. The number of pyridine rings is 1. The second kappa shape index (κ2) is 12.3. The summed E-state index contributed by atoms with van der Waals surface area (Å²) in [6, 6.07) is 8.27. The van der Waals surface area contributed by atoms with Gasteiger partial charge in [-0.15, -0.1) is 0 Å². The van der Waals surface area contributed by atoms with Crippen molar-refractivity contribution in [2.24, 2.45) is 11.8 Å². The first-order chi connectivity index (χ1) is 18.2. The number of halogens is 4. The van der Waals surface area contributed by atoms with Gasteiger partial charge in [0.1, 0.15) is 17.7 Å². The number of piperidine rings is 1. The summed E-state index contributed by atoms with van der Waals surface area (Å²) in [6.07, 6.45) is 1.67. The Morgan fingerprint density at radius 3 is 2.79 bits per heavy atom. The van der Waals surface area contributed by atoms with Crippen molar-refractivity contribution in [3.8, 4) is 17.6 Å². The van der Waals surface area contributed by atoms with Gasteiger partial charge in [-0.05, 0) is 73.5 Å². The van der Waals surface area contributed by atoms with Gasteiger partial charge in [0, 0.05) is 30.6 Å². The Balaban J connectivity index is 1.40. The molecule has 38 heavy (non-hydrogen) atoms. The first kappa shape index (κ1) is 27.4. The third-order valence-electron chi connectivity index (χ3n) is 7.04. The molecule has 3 aromatic rings. The molecule has 1 aliphatic heterocycles. The number of carboxylic acid groups (broad SMARTS) is 1. The lowest BCUT2D eigenvalue weighted by atomic mass is 9.79. The van der Waals surface area contributed by atoms with Crippen molar-refractivity contribution < 1.29 is 32.2 Å². The molecule has 1 aromatic heterocycles. The summed E-state index contributed by atoms with van der Waals surface area (Å²) in [7, 11) is 1.55. The van der Waals surface area contributed by atoms with Crippen LogP contribution in [0.1, 0.15) is 43.0 Å². The molecule has 1 aliphatic rings. The molecule has 1 N–H and O–H groups in total. The lowest BCUT2D eigenvalue weighted by Crippen LogP contribution is -2.41. The molecule has 0 bridgehead atoms. The van der Waals surface area contributed by atoms with Crippen LogP contribution in [0.15, 0.2) is 42.6 Å². The van der Waals surface area contributed by atoms with Crippen LogP contribution in [0.2, 0.25) is 0 Å². The molecule has 0 unspecified atom stereocenters. The number of nitrogens with zero attached hydrogens (tertiary/aromatic N) is 2.